The Hall–Kier alpha value is -2.34. The van der Waals surface area contributed by atoms with Crippen molar-refractivity contribution in [3.05, 3.63) is 64.2 Å². The Labute approximate surface area is 162 Å². The molecule has 27 heavy (non-hydrogen) atoms. The number of amides is 1. The summed E-state index contributed by atoms with van der Waals surface area (Å²) in [4.78, 5) is 12.8. The molecule has 0 heterocycles. The number of nitrogens with zero attached hydrogens (tertiary/aromatic N) is 1. The van der Waals surface area contributed by atoms with Gasteiger partial charge in [0.15, 0.2) is 0 Å². The number of benzene rings is 2. The molecule has 2 aromatic rings. The Morgan fingerprint density at radius 2 is 1.67 bits per heavy atom. The molecular weight excluding hydrogens is 360 g/mol. The van der Waals surface area contributed by atoms with Crippen LogP contribution >= 0.6 is 0 Å². The summed E-state index contributed by atoms with van der Waals surface area (Å²) >= 11 is 0. The molecule has 0 aliphatic rings. The number of anilines is 1. The zero-order valence-electron chi connectivity index (χ0n) is 16.8. The fourth-order valence-corrected chi connectivity index (χ4v) is 3.47. The van der Waals surface area contributed by atoms with Gasteiger partial charge in [-0.1, -0.05) is 31.2 Å². The molecular formula is C21H28N2O3S. The lowest BCUT2D eigenvalue weighted by Gasteiger charge is -2.21. The Morgan fingerprint density at radius 1 is 1.04 bits per heavy atom. The highest BCUT2D eigenvalue weighted by atomic mass is 32.2. The van der Waals surface area contributed by atoms with Crippen LogP contribution in [0.1, 0.15) is 52.0 Å². The SMILES string of the molecule is CC[C@H](NC(=O)c1ccc(C)c(N(C)S(C)(=O)=O)c1)c1ccc(C)c(C)c1. The minimum absolute atomic E-state index is 0.103. The Bertz CT molecular complexity index is 952. The molecule has 2 aromatic carbocycles. The van der Waals surface area contributed by atoms with Gasteiger partial charge in [0.1, 0.15) is 0 Å². The molecule has 1 atom stereocenters. The normalized spacial score (nSPS) is 12.5. The molecule has 0 fully saturated rings. The molecule has 6 heteroatoms. The van der Waals surface area contributed by atoms with Gasteiger partial charge < -0.3 is 5.32 Å². The van der Waals surface area contributed by atoms with E-state index in [1.165, 1.54) is 22.5 Å². The van der Waals surface area contributed by atoms with Crippen molar-refractivity contribution in [1.29, 1.82) is 0 Å². The zero-order valence-corrected chi connectivity index (χ0v) is 17.6. The minimum atomic E-state index is -3.40. The maximum absolute atomic E-state index is 12.8. The van der Waals surface area contributed by atoms with E-state index in [1.54, 1.807) is 18.2 Å². The van der Waals surface area contributed by atoms with Crippen molar-refractivity contribution in [1.82, 2.24) is 5.32 Å². The second-order valence-corrected chi connectivity index (χ2v) is 9.02. The van der Waals surface area contributed by atoms with Crippen molar-refractivity contribution >= 4 is 21.6 Å². The van der Waals surface area contributed by atoms with E-state index in [-0.39, 0.29) is 11.9 Å². The fourth-order valence-electron chi connectivity index (χ4n) is 2.91. The maximum atomic E-state index is 12.8. The van der Waals surface area contributed by atoms with Gasteiger partial charge in [-0.15, -0.1) is 0 Å². The molecule has 0 saturated carbocycles. The van der Waals surface area contributed by atoms with Crippen LogP contribution < -0.4 is 9.62 Å². The van der Waals surface area contributed by atoms with Crippen LogP contribution in [0.2, 0.25) is 0 Å². The molecule has 5 nitrogen and oxygen atoms in total. The fraction of sp³-hybridized carbons (Fsp3) is 0.381. The van der Waals surface area contributed by atoms with Gasteiger partial charge in [0, 0.05) is 12.6 Å². The lowest BCUT2D eigenvalue weighted by atomic mass is 9.99. The third-order valence-corrected chi connectivity index (χ3v) is 6.15. The lowest BCUT2D eigenvalue weighted by Crippen LogP contribution is -2.29. The molecule has 0 aliphatic heterocycles. The van der Waals surface area contributed by atoms with E-state index < -0.39 is 10.0 Å². The summed E-state index contributed by atoms with van der Waals surface area (Å²) in [5, 5.41) is 3.06. The van der Waals surface area contributed by atoms with Gasteiger partial charge in [-0.3, -0.25) is 9.10 Å². The van der Waals surface area contributed by atoms with Gasteiger partial charge in [-0.05, 0) is 61.6 Å². The molecule has 1 amide bonds. The summed E-state index contributed by atoms with van der Waals surface area (Å²) in [7, 11) is -1.91. The molecule has 0 unspecified atom stereocenters. The van der Waals surface area contributed by atoms with Crippen LogP contribution in [-0.2, 0) is 10.0 Å². The van der Waals surface area contributed by atoms with Gasteiger partial charge in [0.05, 0.1) is 18.0 Å². The second kappa shape index (κ2) is 8.13. The Morgan fingerprint density at radius 3 is 2.22 bits per heavy atom. The van der Waals surface area contributed by atoms with Crippen molar-refractivity contribution in [3.8, 4) is 0 Å². The third-order valence-electron chi connectivity index (χ3n) is 4.95. The molecule has 146 valence electrons. The van der Waals surface area contributed by atoms with Crippen LogP contribution in [0.15, 0.2) is 36.4 Å². The highest BCUT2D eigenvalue weighted by Gasteiger charge is 2.19. The van der Waals surface area contributed by atoms with Crippen LogP contribution in [0.25, 0.3) is 0 Å². The van der Waals surface area contributed by atoms with E-state index in [4.69, 9.17) is 0 Å². The molecule has 1 N–H and O–H groups in total. The highest BCUT2D eigenvalue weighted by Crippen LogP contribution is 2.24. The number of hydrogen-bond acceptors (Lipinski definition) is 3. The number of rotatable bonds is 6. The third kappa shape index (κ3) is 4.89. The number of carbonyl (C=O) groups excluding carboxylic acids is 1. The quantitative estimate of drug-likeness (QED) is 0.816. The van der Waals surface area contributed by atoms with Gasteiger partial charge in [0.25, 0.3) is 5.91 Å². The van der Waals surface area contributed by atoms with Gasteiger partial charge in [0.2, 0.25) is 10.0 Å². The zero-order chi connectivity index (χ0) is 20.4. The molecule has 0 saturated heterocycles. The molecule has 0 spiro atoms. The summed E-state index contributed by atoms with van der Waals surface area (Å²) in [6.07, 6.45) is 1.90. The van der Waals surface area contributed by atoms with Crippen LogP contribution in [0.4, 0.5) is 5.69 Å². The highest BCUT2D eigenvalue weighted by molar-refractivity contribution is 7.92. The van der Waals surface area contributed by atoms with Gasteiger partial charge in [-0.25, -0.2) is 8.42 Å². The van der Waals surface area contributed by atoms with Crippen molar-refractivity contribution in [2.24, 2.45) is 0 Å². The first kappa shape index (κ1) is 21.0. The van der Waals surface area contributed by atoms with E-state index >= 15 is 0 Å². The van der Waals surface area contributed by atoms with Crippen LogP contribution in [0.3, 0.4) is 0 Å². The summed E-state index contributed by atoms with van der Waals surface area (Å²) in [6, 6.07) is 11.2. The van der Waals surface area contributed by atoms with Crippen molar-refractivity contribution < 1.29 is 13.2 Å². The average Bonchev–Trinajstić information content (AvgIpc) is 2.61. The number of aryl methyl sites for hydroxylation is 3. The van der Waals surface area contributed by atoms with E-state index in [2.05, 4.69) is 31.3 Å². The van der Waals surface area contributed by atoms with Crippen LogP contribution in [0.5, 0.6) is 0 Å². The topological polar surface area (TPSA) is 66.5 Å². The van der Waals surface area contributed by atoms with Gasteiger partial charge in [-0.2, -0.15) is 0 Å². The Balaban J connectivity index is 2.30. The standard InChI is InChI=1S/C21H28N2O3S/c1-7-19(17-10-8-14(2)16(4)12-17)22-21(24)18-11-9-15(3)20(13-18)23(5)27(6,25)26/h8-13,19H,7H2,1-6H3,(H,22,24)/t19-/m0/s1. The maximum Gasteiger partial charge on any atom is 0.251 e. The van der Waals surface area contributed by atoms with Crippen molar-refractivity contribution in [3.63, 3.8) is 0 Å². The first-order valence-electron chi connectivity index (χ1n) is 8.97. The predicted octanol–water partition coefficient (Wildman–Crippen LogP) is 3.89. The summed E-state index contributed by atoms with van der Waals surface area (Å²) in [5.74, 6) is -0.219. The Kier molecular flexibility index (Phi) is 6.31. The summed E-state index contributed by atoms with van der Waals surface area (Å²) in [6.45, 7) is 7.96. The predicted molar refractivity (Wildman–Crippen MR) is 111 cm³/mol. The largest absolute Gasteiger partial charge is 0.345 e. The lowest BCUT2D eigenvalue weighted by molar-refractivity contribution is 0.0935. The monoisotopic (exact) mass is 388 g/mol. The second-order valence-electron chi connectivity index (χ2n) is 7.01. The molecule has 0 aromatic heterocycles. The first-order chi connectivity index (χ1) is 12.5. The van der Waals surface area contributed by atoms with Crippen molar-refractivity contribution in [2.75, 3.05) is 17.6 Å². The molecule has 0 bridgehead atoms. The molecule has 0 aliphatic carbocycles. The van der Waals surface area contributed by atoms with Crippen LogP contribution in [-0.4, -0.2) is 27.6 Å². The van der Waals surface area contributed by atoms with E-state index in [1.807, 2.05) is 19.9 Å². The summed E-state index contributed by atoms with van der Waals surface area (Å²) < 4.78 is 24.9. The number of hydrogen-bond donors (Lipinski definition) is 1. The van der Waals surface area contributed by atoms with Gasteiger partial charge >= 0.3 is 0 Å². The number of sulfonamides is 1. The van der Waals surface area contributed by atoms with E-state index in [0.717, 1.165) is 23.8 Å². The van der Waals surface area contributed by atoms with E-state index in [9.17, 15) is 13.2 Å². The smallest absolute Gasteiger partial charge is 0.251 e. The van der Waals surface area contributed by atoms with Crippen LogP contribution in [0, 0.1) is 20.8 Å². The summed E-state index contributed by atoms with van der Waals surface area (Å²) in [5.41, 5.74) is 5.20. The first-order valence-corrected chi connectivity index (χ1v) is 10.8. The molecule has 0 radical (unpaired) electrons. The number of carbonyl (C=O) groups is 1. The van der Waals surface area contributed by atoms with E-state index in [0.29, 0.717) is 11.3 Å². The molecule has 2 rings (SSSR count). The average molecular weight is 389 g/mol. The minimum Gasteiger partial charge on any atom is -0.345 e. The van der Waals surface area contributed by atoms with Crippen molar-refractivity contribution in [2.45, 2.75) is 40.2 Å². The number of nitrogens with one attached hydrogen (secondary N) is 1.